The van der Waals surface area contributed by atoms with Crippen LogP contribution in [0.25, 0.3) is 0 Å². The number of anilines is 1. The number of carbonyl (C=O) groups is 2. The van der Waals surface area contributed by atoms with Gasteiger partial charge in [0.2, 0.25) is 0 Å². The van der Waals surface area contributed by atoms with E-state index in [0.29, 0.717) is 18.8 Å². The number of rotatable bonds is 7. The SMILES string of the molecule is COCCN(CC(=O)O)c1ccnc(C(N)=O)c1. The molecule has 0 aliphatic heterocycles. The van der Waals surface area contributed by atoms with Crippen molar-refractivity contribution in [3.05, 3.63) is 24.0 Å². The van der Waals surface area contributed by atoms with Crippen LogP contribution in [0.5, 0.6) is 0 Å². The van der Waals surface area contributed by atoms with Crippen molar-refractivity contribution < 1.29 is 19.4 Å². The summed E-state index contributed by atoms with van der Waals surface area (Å²) in [7, 11) is 1.53. The number of carboxylic acids is 1. The summed E-state index contributed by atoms with van der Waals surface area (Å²) in [4.78, 5) is 27.2. The zero-order valence-electron chi connectivity index (χ0n) is 10.00. The van der Waals surface area contributed by atoms with E-state index in [-0.39, 0.29) is 12.2 Å². The molecule has 0 aliphatic rings. The Morgan fingerprint density at radius 3 is 2.83 bits per heavy atom. The lowest BCUT2D eigenvalue weighted by molar-refractivity contribution is -0.135. The van der Waals surface area contributed by atoms with Crippen LogP contribution in [-0.4, -0.2) is 48.8 Å². The lowest BCUT2D eigenvalue weighted by atomic mass is 10.2. The van der Waals surface area contributed by atoms with Crippen LogP contribution in [0.2, 0.25) is 0 Å². The molecule has 0 fully saturated rings. The molecule has 1 amide bonds. The number of nitrogens with two attached hydrogens (primary N) is 1. The highest BCUT2D eigenvalue weighted by Gasteiger charge is 2.12. The highest BCUT2D eigenvalue weighted by molar-refractivity contribution is 5.91. The van der Waals surface area contributed by atoms with Gasteiger partial charge in [0.1, 0.15) is 12.2 Å². The van der Waals surface area contributed by atoms with Gasteiger partial charge in [-0.15, -0.1) is 0 Å². The zero-order chi connectivity index (χ0) is 13.5. The van der Waals surface area contributed by atoms with Gasteiger partial charge in [0.15, 0.2) is 0 Å². The molecule has 1 rings (SSSR count). The van der Waals surface area contributed by atoms with Crippen molar-refractivity contribution in [1.82, 2.24) is 4.98 Å². The molecule has 0 bridgehead atoms. The second-order valence-corrected chi connectivity index (χ2v) is 3.57. The maximum Gasteiger partial charge on any atom is 0.323 e. The Morgan fingerprint density at radius 2 is 2.28 bits per heavy atom. The Balaban J connectivity index is 2.92. The van der Waals surface area contributed by atoms with Gasteiger partial charge in [-0.25, -0.2) is 0 Å². The number of ether oxygens (including phenoxy) is 1. The van der Waals surface area contributed by atoms with Crippen molar-refractivity contribution in [3.8, 4) is 0 Å². The smallest absolute Gasteiger partial charge is 0.323 e. The third-order valence-electron chi connectivity index (χ3n) is 2.25. The van der Waals surface area contributed by atoms with Gasteiger partial charge in [-0.2, -0.15) is 0 Å². The molecule has 18 heavy (non-hydrogen) atoms. The third kappa shape index (κ3) is 4.02. The molecule has 1 heterocycles. The number of primary amides is 1. The predicted octanol–water partition coefficient (Wildman–Crippen LogP) is -0.282. The average Bonchev–Trinajstić information content (AvgIpc) is 2.34. The number of nitrogens with zero attached hydrogens (tertiary/aromatic N) is 2. The lowest BCUT2D eigenvalue weighted by Crippen LogP contribution is -2.33. The van der Waals surface area contributed by atoms with E-state index in [2.05, 4.69) is 4.98 Å². The summed E-state index contributed by atoms with van der Waals surface area (Å²) in [5.41, 5.74) is 5.79. The standard InChI is InChI=1S/C11H15N3O4/c1-18-5-4-14(7-10(15)16)8-2-3-13-9(6-8)11(12)17/h2-3,6H,4-5,7H2,1H3,(H2,12,17)(H,15,16). The van der Waals surface area contributed by atoms with Gasteiger partial charge < -0.3 is 20.5 Å². The number of hydrogen-bond donors (Lipinski definition) is 2. The lowest BCUT2D eigenvalue weighted by Gasteiger charge is -2.22. The van der Waals surface area contributed by atoms with Crippen LogP contribution in [0.3, 0.4) is 0 Å². The Kier molecular flexibility index (Phi) is 5.06. The number of carboxylic acid groups (broad SMARTS) is 1. The van der Waals surface area contributed by atoms with Gasteiger partial charge in [-0.3, -0.25) is 14.6 Å². The first kappa shape index (κ1) is 13.9. The van der Waals surface area contributed by atoms with Crippen LogP contribution in [0, 0.1) is 0 Å². The van der Waals surface area contributed by atoms with Crippen molar-refractivity contribution >= 4 is 17.6 Å². The number of hydrogen-bond acceptors (Lipinski definition) is 5. The normalized spacial score (nSPS) is 10.1. The second kappa shape index (κ2) is 6.55. The van der Waals surface area contributed by atoms with Crippen LogP contribution in [-0.2, 0) is 9.53 Å². The summed E-state index contributed by atoms with van der Waals surface area (Å²) in [5, 5.41) is 8.83. The number of aliphatic carboxylic acids is 1. The Hall–Kier alpha value is -2.15. The van der Waals surface area contributed by atoms with Gasteiger partial charge in [0.05, 0.1) is 6.61 Å². The van der Waals surface area contributed by atoms with E-state index < -0.39 is 11.9 Å². The Morgan fingerprint density at radius 1 is 1.56 bits per heavy atom. The molecule has 0 aromatic carbocycles. The summed E-state index contributed by atoms with van der Waals surface area (Å²) in [6.45, 7) is 0.581. The predicted molar refractivity (Wildman–Crippen MR) is 64.5 cm³/mol. The van der Waals surface area contributed by atoms with Gasteiger partial charge >= 0.3 is 5.97 Å². The van der Waals surface area contributed by atoms with E-state index in [0.717, 1.165) is 0 Å². The van der Waals surface area contributed by atoms with Gasteiger partial charge in [-0.05, 0) is 12.1 Å². The fraction of sp³-hybridized carbons (Fsp3) is 0.364. The number of methoxy groups -OCH3 is 1. The molecule has 3 N–H and O–H groups in total. The fourth-order valence-electron chi connectivity index (χ4n) is 1.42. The molecule has 0 atom stereocenters. The largest absolute Gasteiger partial charge is 0.480 e. The molecular formula is C11H15N3O4. The van der Waals surface area contributed by atoms with Crippen molar-refractivity contribution in [1.29, 1.82) is 0 Å². The summed E-state index contributed by atoms with van der Waals surface area (Å²) >= 11 is 0. The Labute approximate surface area is 104 Å². The number of amides is 1. The molecule has 7 heteroatoms. The Bertz CT molecular complexity index is 436. The molecule has 0 aliphatic carbocycles. The molecule has 1 aromatic rings. The number of pyridine rings is 1. The zero-order valence-corrected chi connectivity index (χ0v) is 10.00. The summed E-state index contributed by atoms with van der Waals surface area (Å²) in [6.07, 6.45) is 1.41. The monoisotopic (exact) mass is 253 g/mol. The highest BCUT2D eigenvalue weighted by Crippen LogP contribution is 2.14. The van der Waals surface area contributed by atoms with Crippen molar-refractivity contribution in [3.63, 3.8) is 0 Å². The summed E-state index contributed by atoms with van der Waals surface area (Å²) in [6, 6.07) is 3.08. The first-order chi connectivity index (χ1) is 8.54. The topological polar surface area (TPSA) is 106 Å². The van der Waals surface area contributed by atoms with E-state index in [9.17, 15) is 9.59 Å². The summed E-state index contributed by atoms with van der Waals surface area (Å²) < 4.78 is 4.91. The van der Waals surface area contributed by atoms with Crippen LogP contribution in [0.15, 0.2) is 18.3 Å². The second-order valence-electron chi connectivity index (χ2n) is 3.57. The minimum atomic E-state index is -0.969. The van der Waals surface area contributed by atoms with Gasteiger partial charge in [0.25, 0.3) is 5.91 Å². The molecule has 98 valence electrons. The van der Waals surface area contributed by atoms with Crippen LogP contribution < -0.4 is 10.6 Å². The maximum atomic E-state index is 11.0. The molecule has 7 nitrogen and oxygen atoms in total. The number of aromatic nitrogens is 1. The molecule has 0 radical (unpaired) electrons. The van der Waals surface area contributed by atoms with Crippen molar-refractivity contribution in [2.24, 2.45) is 5.73 Å². The fourth-order valence-corrected chi connectivity index (χ4v) is 1.42. The number of carbonyl (C=O) groups excluding carboxylic acids is 1. The van der Waals surface area contributed by atoms with Crippen LogP contribution >= 0.6 is 0 Å². The van der Waals surface area contributed by atoms with Crippen LogP contribution in [0.1, 0.15) is 10.5 Å². The van der Waals surface area contributed by atoms with E-state index in [4.69, 9.17) is 15.6 Å². The quantitative estimate of drug-likeness (QED) is 0.692. The summed E-state index contributed by atoms with van der Waals surface area (Å²) in [5.74, 6) is -1.62. The van der Waals surface area contributed by atoms with Crippen LogP contribution in [0.4, 0.5) is 5.69 Å². The highest BCUT2D eigenvalue weighted by atomic mass is 16.5. The van der Waals surface area contributed by atoms with Gasteiger partial charge in [-0.1, -0.05) is 0 Å². The van der Waals surface area contributed by atoms with E-state index in [1.165, 1.54) is 19.4 Å². The maximum absolute atomic E-state index is 11.0. The third-order valence-corrected chi connectivity index (χ3v) is 2.25. The molecule has 1 aromatic heterocycles. The average molecular weight is 253 g/mol. The van der Waals surface area contributed by atoms with Crippen molar-refractivity contribution in [2.75, 3.05) is 31.7 Å². The van der Waals surface area contributed by atoms with E-state index in [1.807, 2.05) is 0 Å². The van der Waals surface area contributed by atoms with Crippen molar-refractivity contribution in [2.45, 2.75) is 0 Å². The minimum Gasteiger partial charge on any atom is -0.480 e. The first-order valence-electron chi connectivity index (χ1n) is 5.26. The molecule has 0 saturated carbocycles. The molecule has 0 spiro atoms. The first-order valence-corrected chi connectivity index (χ1v) is 5.26. The molecular weight excluding hydrogens is 238 g/mol. The molecule has 0 saturated heterocycles. The molecule has 0 unspecified atom stereocenters. The van der Waals surface area contributed by atoms with E-state index >= 15 is 0 Å². The minimum absolute atomic E-state index is 0.0975. The van der Waals surface area contributed by atoms with E-state index in [1.54, 1.807) is 11.0 Å². The van der Waals surface area contributed by atoms with Gasteiger partial charge in [0, 0.05) is 25.5 Å².